The molecule has 4 aromatic heterocycles. The van der Waals surface area contributed by atoms with Crippen LogP contribution in [0.15, 0.2) is 41.8 Å². The van der Waals surface area contributed by atoms with Gasteiger partial charge < -0.3 is 20.3 Å². The maximum absolute atomic E-state index is 12.8. The summed E-state index contributed by atoms with van der Waals surface area (Å²) < 4.78 is 5.45. The maximum atomic E-state index is 12.8. The molecule has 12 heteroatoms. The van der Waals surface area contributed by atoms with E-state index in [1.807, 2.05) is 4.90 Å². The Hall–Kier alpha value is -4.06. The molecule has 0 atom stereocenters. The maximum Gasteiger partial charge on any atom is 0.341 e. The normalized spacial score (nSPS) is 13.8. The molecule has 0 spiro atoms. The Bertz CT molecular complexity index is 1390. The molecule has 11 nitrogen and oxygen atoms in total. The lowest BCUT2D eigenvalue weighted by Crippen LogP contribution is -2.52. The number of amides is 1. The predicted molar refractivity (Wildman–Crippen MR) is 118 cm³/mol. The molecule has 5 heterocycles. The van der Waals surface area contributed by atoms with Gasteiger partial charge in [-0.2, -0.15) is 4.37 Å². The number of aromatic carboxylic acids is 1. The van der Waals surface area contributed by atoms with Gasteiger partial charge in [0.25, 0.3) is 0 Å². The van der Waals surface area contributed by atoms with Crippen LogP contribution in [0.25, 0.3) is 16.2 Å². The van der Waals surface area contributed by atoms with E-state index in [9.17, 15) is 19.5 Å². The minimum atomic E-state index is -1.32. The van der Waals surface area contributed by atoms with Gasteiger partial charge in [-0.1, -0.05) is 0 Å². The zero-order valence-corrected chi connectivity index (χ0v) is 17.6. The van der Waals surface area contributed by atoms with E-state index in [0.29, 0.717) is 40.9 Å². The van der Waals surface area contributed by atoms with Gasteiger partial charge in [0.1, 0.15) is 17.7 Å². The molecule has 0 aromatic carbocycles. The van der Waals surface area contributed by atoms with Crippen molar-refractivity contribution in [3.8, 4) is 5.13 Å². The van der Waals surface area contributed by atoms with Crippen molar-refractivity contribution in [3.63, 3.8) is 0 Å². The van der Waals surface area contributed by atoms with Crippen molar-refractivity contribution in [2.45, 2.75) is 6.92 Å². The van der Waals surface area contributed by atoms with Crippen LogP contribution in [0.1, 0.15) is 15.9 Å². The van der Waals surface area contributed by atoms with Gasteiger partial charge in [0.15, 0.2) is 5.65 Å². The number of rotatable bonds is 5. The molecule has 3 N–H and O–H groups in total. The van der Waals surface area contributed by atoms with Crippen LogP contribution in [0, 0.1) is 12.8 Å². The fourth-order valence-corrected chi connectivity index (χ4v) is 4.20. The van der Waals surface area contributed by atoms with Crippen LogP contribution < -0.4 is 15.6 Å². The number of fused-ring (bicyclic) bond motifs is 1. The lowest BCUT2D eigenvalue weighted by Gasteiger charge is -2.39. The van der Waals surface area contributed by atoms with E-state index < -0.39 is 11.4 Å². The first kappa shape index (κ1) is 19.9. The van der Waals surface area contributed by atoms with Crippen LogP contribution in [0.4, 0.5) is 11.5 Å². The van der Waals surface area contributed by atoms with Crippen molar-refractivity contribution in [2.24, 2.45) is 5.92 Å². The van der Waals surface area contributed by atoms with Crippen molar-refractivity contribution in [1.29, 1.82) is 0 Å². The summed E-state index contributed by atoms with van der Waals surface area (Å²) in [6.45, 7) is 2.69. The summed E-state index contributed by atoms with van der Waals surface area (Å²) in [6, 6.07) is 3.51. The number of pyridine rings is 2. The average Bonchev–Trinajstić information content (AvgIpc) is 3.40. The van der Waals surface area contributed by atoms with E-state index >= 15 is 0 Å². The zero-order chi connectivity index (χ0) is 22.4. The Labute approximate surface area is 184 Å². The highest BCUT2D eigenvalue weighted by Crippen LogP contribution is 2.28. The molecule has 0 saturated carbocycles. The first-order valence-corrected chi connectivity index (χ1v) is 10.5. The summed E-state index contributed by atoms with van der Waals surface area (Å²) in [5.41, 5.74) is 0.639. The second-order valence-corrected chi connectivity index (χ2v) is 8.22. The fourth-order valence-electron chi connectivity index (χ4n) is 3.69. The minimum Gasteiger partial charge on any atom is -0.477 e. The Morgan fingerprint density at radius 1 is 1.34 bits per heavy atom. The van der Waals surface area contributed by atoms with Crippen LogP contribution in [0.3, 0.4) is 0 Å². The Balaban J connectivity index is 1.50. The lowest BCUT2D eigenvalue weighted by atomic mass is 9.98. The summed E-state index contributed by atoms with van der Waals surface area (Å²) in [6.07, 6.45) is 6.02. The number of carboxylic acid groups (broad SMARTS) is 1. The van der Waals surface area contributed by atoms with E-state index in [-0.39, 0.29) is 22.8 Å². The van der Waals surface area contributed by atoms with Crippen molar-refractivity contribution in [2.75, 3.05) is 23.3 Å². The molecule has 32 heavy (non-hydrogen) atoms. The van der Waals surface area contributed by atoms with E-state index in [1.54, 1.807) is 31.5 Å². The van der Waals surface area contributed by atoms with Gasteiger partial charge in [-0.25, -0.2) is 14.8 Å². The molecular formula is C20H17N7O4S. The van der Waals surface area contributed by atoms with Crippen molar-refractivity contribution < 1.29 is 14.7 Å². The Morgan fingerprint density at radius 2 is 2.16 bits per heavy atom. The summed E-state index contributed by atoms with van der Waals surface area (Å²) in [5.74, 6) is -0.989. The Morgan fingerprint density at radius 3 is 2.81 bits per heavy atom. The van der Waals surface area contributed by atoms with Gasteiger partial charge in [0.05, 0.1) is 17.0 Å². The minimum absolute atomic E-state index is 0.0739. The summed E-state index contributed by atoms with van der Waals surface area (Å²) in [4.78, 5) is 50.5. The highest BCUT2D eigenvalue weighted by atomic mass is 32.1. The van der Waals surface area contributed by atoms with Crippen LogP contribution in [0.2, 0.25) is 0 Å². The van der Waals surface area contributed by atoms with Gasteiger partial charge in [0.2, 0.25) is 16.5 Å². The quantitative estimate of drug-likeness (QED) is 0.415. The number of nitrogens with zero attached hydrogens (tertiary/aromatic N) is 5. The number of aromatic nitrogens is 5. The first-order chi connectivity index (χ1) is 15.4. The van der Waals surface area contributed by atoms with Gasteiger partial charge in [-0.3, -0.25) is 14.2 Å². The van der Waals surface area contributed by atoms with E-state index in [0.717, 1.165) is 11.5 Å². The van der Waals surface area contributed by atoms with Crippen LogP contribution in [0.5, 0.6) is 0 Å². The molecule has 1 fully saturated rings. The number of hydrogen-bond donors (Lipinski definition) is 3. The first-order valence-electron chi connectivity index (χ1n) is 9.68. The van der Waals surface area contributed by atoms with Gasteiger partial charge in [0, 0.05) is 43.2 Å². The number of carbonyl (C=O) groups is 2. The van der Waals surface area contributed by atoms with E-state index in [1.165, 1.54) is 17.1 Å². The molecule has 0 unspecified atom stereocenters. The molecule has 162 valence electrons. The molecule has 0 bridgehead atoms. The third-order valence-electron chi connectivity index (χ3n) is 5.37. The molecule has 1 aliphatic heterocycles. The van der Waals surface area contributed by atoms with Gasteiger partial charge in [-0.15, -0.1) is 0 Å². The number of H-pyrrole nitrogens is 1. The third-order valence-corrected chi connectivity index (χ3v) is 6.04. The Kier molecular flexibility index (Phi) is 4.70. The smallest absolute Gasteiger partial charge is 0.341 e. The van der Waals surface area contributed by atoms with E-state index in [2.05, 4.69) is 24.6 Å². The second-order valence-electron chi connectivity index (χ2n) is 7.46. The monoisotopic (exact) mass is 451 g/mol. The highest BCUT2D eigenvalue weighted by molar-refractivity contribution is 7.08. The van der Waals surface area contributed by atoms with Crippen LogP contribution >= 0.6 is 11.5 Å². The SMILES string of the molecule is Cc1cc(N2CC(C(=O)Nc3cc[nH]c3)C2)nc2c1c(=O)c(C(=O)O)cn2-c1ncns1. The largest absolute Gasteiger partial charge is 0.477 e. The predicted octanol–water partition coefficient (Wildman–Crippen LogP) is 1.65. The number of carboxylic acids is 1. The standard InChI is InChI=1S/C20H17N7O4S/c1-10-4-14(26-6-11(7-26)18(29)24-12-2-3-21-5-12)25-17-15(10)16(28)13(19(30)31)8-27(17)20-22-9-23-32-20/h2-5,8-9,11,21H,6-7H2,1H3,(H,24,29)(H,30,31). The molecule has 5 rings (SSSR count). The number of hydrogen-bond acceptors (Lipinski definition) is 8. The number of aromatic amines is 1. The topological polar surface area (TPSA) is 146 Å². The molecule has 4 aromatic rings. The molecule has 1 amide bonds. The summed E-state index contributed by atoms with van der Waals surface area (Å²) in [7, 11) is 0. The van der Waals surface area contributed by atoms with Crippen molar-refractivity contribution in [1.82, 2.24) is 23.9 Å². The van der Waals surface area contributed by atoms with Gasteiger partial charge >= 0.3 is 5.97 Å². The molecule has 0 radical (unpaired) electrons. The van der Waals surface area contributed by atoms with E-state index in [4.69, 9.17) is 0 Å². The van der Waals surface area contributed by atoms with Crippen LogP contribution in [-0.2, 0) is 4.79 Å². The van der Waals surface area contributed by atoms with Crippen molar-refractivity contribution in [3.05, 3.63) is 58.4 Å². The lowest BCUT2D eigenvalue weighted by molar-refractivity contribution is -0.120. The number of anilines is 2. The highest BCUT2D eigenvalue weighted by Gasteiger charge is 2.34. The zero-order valence-electron chi connectivity index (χ0n) is 16.8. The average molecular weight is 451 g/mol. The molecule has 1 aliphatic rings. The fraction of sp³-hybridized carbons (Fsp3) is 0.200. The summed E-state index contributed by atoms with van der Waals surface area (Å²) in [5, 5.41) is 13.0. The second kappa shape index (κ2) is 7.57. The molecule has 1 saturated heterocycles. The van der Waals surface area contributed by atoms with Crippen LogP contribution in [-0.4, -0.2) is 54.0 Å². The van der Waals surface area contributed by atoms with Gasteiger partial charge in [-0.05, 0) is 24.6 Å². The number of carbonyl (C=O) groups excluding carboxylic acids is 1. The third kappa shape index (κ3) is 3.30. The van der Waals surface area contributed by atoms with Crippen molar-refractivity contribution >= 4 is 45.9 Å². The summed E-state index contributed by atoms with van der Waals surface area (Å²) >= 11 is 1.06. The molecular weight excluding hydrogens is 434 g/mol. The molecule has 0 aliphatic carbocycles. The number of nitrogens with one attached hydrogen (secondary N) is 2. The number of aryl methyl sites for hydroxylation is 1.